The summed E-state index contributed by atoms with van der Waals surface area (Å²) in [7, 11) is 0. The number of rotatable bonds is 6. The second-order valence-electron chi connectivity index (χ2n) is 8.92. The first-order chi connectivity index (χ1) is 16.4. The van der Waals surface area contributed by atoms with Crippen molar-refractivity contribution in [1.29, 1.82) is 0 Å². The predicted molar refractivity (Wildman–Crippen MR) is 127 cm³/mol. The molecule has 0 bridgehead atoms. The van der Waals surface area contributed by atoms with Gasteiger partial charge in [0.25, 0.3) is 0 Å². The topological polar surface area (TPSA) is 81.0 Å². The van der Waals surface area contributed by atoms with Crippen LogP contribution in [0.15, 0.2) is 67.0 Å². The second kappa shape index (κ2) is 9.52. The van der Waals surface area contributed by atoms with Crippen LogP contribution in [-0.2, 0) is 11.3 Å². The Kier molecular flexibility index (Phi) is 6.30. The van der Waals surface area contributed by atoms with Crippen molar-refractivity contribution < 1.29 is 24.2 Å². The van der Waals surface area contributed by atoms with Gasteiger partial charge in [-0.05, 0) is 72.7 Å². The van der Waals surface area contributed by atoms with Crippen LogP contribution in [0.1, 0.15) is 28.8 Å². The van der Waals surface area contributed by atoms with E-state index in [4.69, 9.17) is 26.2 Å². The van der Waals surface area contributed by atoms with Crippen LogP contribution in [0.5, 0.6) is 11.5 Å². The average molecular weight is 481 g/mol. The molecule has 1 aromatic heterocycles. The zero-order valence-corrected chi connectivity index (χ0v) is 19.2. The summed E-state index contributed by atoms with van der Waals surface area (Å²) in [6.45, 7) is 1.90. The van der Waals surface area contributed by atoms with Crippen molar-refractivity contribution in [3.63, 3.8) is 0 Å². The van der Waals surface area contributed by atoms with Gasteiger partial charge in [-0.3, -0.25) is 4.57 Å². The highest BCUT2D eigenvalue weighted by Crippen LogP contribution is 2.40. The lowest BCUT2D eigenvalue weighted by Crippen LogP contribution is -2.33. The van der Waals surface area contributed by atoms with E-state index in [9.17, 15) is 9.59 Å². The third-order valence-corrected chi connectivity index (χ3v) is 6.85. The molecule has 3 aromatic rings. The van der Waals surface area contributed by atoms with Crippen LogP contribution in [-0.4, -0.2) is 45.8 Å². The lowest BCUT2D eigenvalue weighted by Gasteiger charge is -2.20. The molecule has 2 heterocycles. The Hall–Kier alpha value is -3.29. The minimum absolute atomic E-state index is 0.116. The van der Waals surface area contributed by atoms with E-state index in [1.807, 2.05) is 41.3 Å². The molecule has 2 aromatic carbocycles. The van der Waals surface area contributed by atoms with Gasteiger partial charge in [0.15, 0.2) is 0 Å². The fraction of sp³-hybridized carbons (Fsp3) is 0.308. The molecule has 2 aliphatic rings. The summed E-state index contributed by atoms with van der Waals surface area (Å²) in [6, 6.07) is 16.4. The first-order valence-electron chi connectivity index (χ1n) is 11.3. The van der Waals surface area contributed by atoms with E-state index >= 15 is 0 Å². The molecule has 1 N–H and O–H groups in total. The molecule has 1 aliphatic carbocycles. The maximum Gasteiger partial charge on any atom is 0.337 e. The molecule has 5 rings (SSSR count). The maximum atomic E-state index is 12.7. The molecule has 176 valence electrons. The number of halogens is 1. The fourth-order valence-corrected chi connectivity index (χ4v) is 4.97. The van der Waals surface area contributed by atoms with Crippen molar-refractivity contribution in [1.82, 2.24) is 9.47 Å². The summed E-state index contributed by atoms with van der Waals surface area (Å²) in [5, 5.41) is 9.73. The zero-order valence-electron chi connectivity index (χ0n) is 18.5. The van der Waals surface area contributed by atoms with E-state index in [1.54, 1.807) is 12.1 Å². The number of likely N-dealkylation sites (tertiary alicyclic amines) is 1. The summed E-state index contributed by atoms with van der Waals surface area (Å²) in [5.74, 6) is 1.28. The van der Waals surface area contributed by atoms with E-state index in [-0.39, 0.29) is 17.7 Å². The van der Waals surface area contributed by atoms with Crippen LogP contribution in [0, 0.1) is 11.8 Å². The van der Waals surface area contributed by atoms with Gasteiger partial charge in [-0.15, -0.1) is 0 Å². The SMILES string of the molecule is O=C(O)c1ccn(C(=O)N2C[C@H]3C[C@H](OCc4ccc(Oc5ccc(Cl)cc5)cc4)C[C@H]3C2)c1. The molecule has 3 atom stereocenters. The number of carboxylic acids is 1. The Morgan fingerprint density at radius 1 is 0.941 bits per heavy atom. The molecule has 1 amide bonds. The van der Waals surface area contributed by atoms with E-state index in [0.29, 0.717) is 36.6 Å². The molecule has 0 spiro atoms. The van der Waals surface area contributed by atoms with E-state index in [2.05, 4.69) is 0 Å². The number of benzene rings is 2. The van der Waals surface area contributed by atoms with Gasteiger partial charge in [-0.25, -0.2) is 9.59 Å². The summed E-state index contributed by atoms with van der Waals surface area (Å²) in [6.07, 6.45) is 4.92. The minimum Gasteiger partial charge on any atom is -0.478 e. The van der Waals surface area contributed by atoms with E-state index < -0.39 is 5.97 Å². The monoisotopic (exact) mass is 480 g/mol. The third-order valence-electron chi connectivity index (χ3n) is 6.60. The van der Waals surface area contributed by atoms with Crippen molar-refractivity contribution in [2.45, 2.75) is 25.6 Å². The standard InChI is InChI=1S/C26H25ClN2O5/c27-21-3-7-23(8-4-21)34-22-5-1-17(2-6-22)16-33-24-11-19-14-29(15-20(19)12-24)26(32)28-10-9-18(13-28)25(30)31/h1-10,13,19-20,24H,11-12,14-16H2,(H,30,31)/t19-,20+,24+. The summed E-state index contributed by atoms with van der Waals surface area (Å²) in [4.78, 5) is 25.6. The quantitative estimate of drug-likeness (QED) is 0.502. The van der Waals surface area contributed by atoms with Crippen LogP contribution in [0.25, 0.3) is 0 Å². The van der Waals surface area contributed by atoms with Crippen LogP contribution < -0.4 is 4.74 Å². The van der Waals surface area contributed by atoms with Gasteiger partial charge in [0.2, 0.25) is 0 Å². The predicted octanol–water partition coefficient (Wildman–Crippen LogP) is 5.53. The van der Waals surface area contributed by atoms with Crippen molar-refractivity contribution in [3.05, 3.63) is 83.1 Å². The van der Waals surface area contributed by atoms with Gasteiger partial charge >= 0.3 is 12.0 Å². The van der Waals surface area contributed by atoms with Crippen molar-refractivity contribution >= 4 is 23.6 Å². The third kappa shape index (κ3) is 4.95. The number of ether oxygens (including phenoxy) is 2. The van der Waals surface area contributed by atoms with Gasteiger partial charge in [-0.2, -0.15) is 0 Å². The minimum atomic E-state index is -1.03. The van der Waals surface area contributed by atoms with Gasteiger partial charge in [0.1, 0.15) is 11.5 Å². The van der Waals surface area contributed by atoms with Crippen molar-refractivity contribution in [3.8, 4) is 11.5 Å². The first-order valence-corrected chi connectivity index (χ1v) is 11.7. The summed E-state index contributed by atoms with van der Waals surface area (Å²) < 4.78 is 13.4. The Balaban J connectivity index is 1.08. The molecule has 0 unspecified atom stereocenters. The maximum absolute atomic E-state index is 12.7. The normalized spacial score (nSPS) is 21.4. The number of carboxylic acid groups (broad SMARTS) is 1. The highest BCUT2D eigenvalue weighted by atomic mass is 35.5. The number of aromatic nitrogens is 1. The van der Waals surface area contributed by atoms with Gasteiger partial charge in [0.05, 0.1) is 18.3 Å². The number of hydrogen-bond acceptors (Lipinski definition) is 4. The molecule has 1 saturated carbocycles. The lowest BCUT2D eigenvalue weighted by atomic mass is 10.0. The molecular formula is C26H25ClN2O5. The molecule has 7 nitrogen and oxygen atoms in total. The van der Waals surface area contributed by atoms with Crippen LogP contribution in [0.4, 0.5) is 4.79 Å². The summed E-state index contributed by atoms with van der Waals surface area (Å²) >= 11 is 5.91. The van der Waals surface area contributed by atoms with Crippen LogP contribution in [0.2, 0.25) is 5.02 Å². The van der Waals surface area contributed by atoms with Crippen molar-refractivity contribution in [2.24, 2.45) is 11.8 Å². The number of nitrogens with zero attached hydrogens (tertiary/aromatic N) is 2. The molecule has 0 radical (unpaired) electrons. The molecule has 8 heteroatoms. The van der Waals surface area contributed by atoms with Crippen molar-refractivity contribution in [2.75, 3.05) is 13.1 Å². The molecule has 34 heavy (non-hydrogen) atoms. The van der Waals surface area contributed by atoms with Gasteiger partial charge in [0, 0.05) is 30.5 Å². The number of hydrogen-bond donors (Lipinski definition) is 1. The molecule has 1 saturated heterocycles. The summed E-state index contributed by atoms with van der Waals surface area (Å²) in [5.41, 5.74) is 1.20. The second-order valence-corrected chi connectivity index (χ2v) is 9.36. The number of aromatic carboxylic acids is 1. The van der Waals surface area contributed by atoms with Crippen LogP contribution >= 0.6 is 11.6 Å². The van der Waals surface area contributed by atoms with E-state index in [0.717, 1.165) is 29.9 Å². The van der Waals surface area contributed by atoms with E-state index in [1.165, 1.54) is 23.0 Å². The van der Waals surface area contributed by atoms with Gasteiger partial charge < -0.3 is 19.5 Å². The highest BCUT2D eigenvalue weighted by molar-refractivity contribution is 6.30. The first kappa shape index (κ1) is 22.5. The number of carbonyl (C=O) groups is 2. The Morgan fingerprint density at radius 3 is 2.15 bits per heavy atom. The Labute approximate surface area is 202 Å². The largest absolute Gasteiger partial charge is 0.478 e. The Bertz CT molecular complexity index is 1160. The van der Waals surface area contributed by atoms with Crippen LogP contribution in [0.3, 0.4) is 0 Å². The zero-order chi connectivity index (χ0) is 23.7. The molecule has 2 fully saturated rings. The fourth-order valence-electron chi connectivity index (χ4n) is 4.85. The average Bonchev–Trinajstić information content (AvgIpc) is 3.55. The highest BCUT2D eigenvalue weighted by Gasteiger charge is 2.43. The smallest absolute Gasteiger partial charge is 0.337 e. The molecular weight excluding hydrogens is 456 g/mol. The van der Waals surface area contributed by atoms with Gasteiger partial charge in [-0.1, -0.05) is 23.7 Å². The number of amides is 1. The Morgan fingerprint density at radius 2 is 1.56 bits per heavy atom. The molecule has 1 aliphatic heterocycles. The number of fused-ring (bicyclic) bond motifs is 1. The lowest BCUT2D eigenvalue weighted by molar-refractivity contribution is 0.0383. The number of carbonyl (C=O) groups excluding carboxylic acids is 1.